The Bertz CT molecular complexity index is 1120. The largest absolute Gasteiger partial charge is 0.493 e. The third-order valence-electron chi connectivity index (χ3n) is 5.65. The van der Waals surface area contributed by atoms with Gasteiger partial charge in [-0.1, -0.05) is 36.4 Å². The van der Waals surface area contributed by atoms with E-state index >= 15 is 0 Å². The highest BCUT2D eigenvalue weighted by molar-refractivity contribution is 5.90. The summed E-state index contributed by atoms with van der Waals surface area (Å²) in [6.45, 7) is 0.469. The minimum Gasteiger partial charge on any atom is -0.493 e. The van der Waals surface area contributed by atoms with Crippen molar-refractivity contribution in [3.05, 3.63) is 58.6 Å². The van der Waals surface area contributed by atoms with Crippen LogP contribution in [0.1, 0.15) is 24.2 Å². The topological polar surface area (TPSA) is 76.7 Å². The van der Waals surface area contributed by atoms with Crippen molar-refractivity contribution in [2.45, 2.75) is 18.5 Å². The molecular formula is C20H19N3O4. The molecule has 0 saturated carbocycles. The summed E-state index contributed by atoms with van der Waals surface area (Å²) in [6, 6.07) is 13.0. The van der Waals surface area contributed by atoms with E-state index < -0.39 is 0 Å². The van der Waals surface area contributed by atoms with Gasteiger partial charge in [0.1, 0.15) is 12.3 Å². The number of likely N-dealkylation sites (tertiary alicyclic amines) is 1. The average Bonchev–Trinajstić information content (AvgIpc) is 3.33. The summed E-state index contributed by atoms with van der Waals surface area (Å²) in [5.74, 6) is -0.209. The van der Waals surface area contributed by atoms with Crippen molar-refractivity contribution in [3.8, 4) is 11.6 Å². The van der Waals surface area contributed by atoms with Gasteiger partial charge in [-0.3, -0.25) is 9.36 Å². The molecule has 0 aliphatic carbocycles. The first-order valence-electron chi connectivity index (χ1n) is 8.94. The van der Waals surface area contributed by atoms with Crippen molar-refractivity contribution < 1.29 is 14.6 Å². The Morgan fingerprint density at radius 3 is 2.81 bits per heavy atom. The number of rotatable bonds is 3. The van der Waals surface area contributed by atoms with E-state index in [0.717, 1.165) is 10.8 Å². The predicted octanol–water partition coefficient (Wildman–Crippen LogP) is 1.97. The summed E-state index contributed by atoms with van der Waals surface area (Å²) in [7, 11) is 1.48. The number of ether oxygens (including phenoxy) is 1. The SMILES string of the molecule is COCC(=O)N1C[C@H]2CC1c1c(O)n(-c3cccc4ccccc34)c(=O)n12. The molecule has 1 fully saturated rings. The fraction of sp³-hybridized carbons (Fsp3) is 0.300. The Kier molecular flexibility index (Phi) is 3.42. The molecule has 5 rings (SSSR count). The lowest BCUT2D eigenvalue weighted by Crippen LogP contribution is -2.39. The van der Waals surface area contributed by atoms with Crippen LogP contribution in [-0.2, 0) is 9.53 Å². The van der Waals surface area contributed by atoms with Crippen molar-refractivity contribution in [3.63, 3.8) is 0 Å². The van der Waals surface area contributed by atoms with E-state index in [2.05, 4.69) is 0 Å². The third-order valence-corrected chi connectivity index (χ3v) is 5.65. The van der Waals surface area contributed by atoms with Crippen LogP contribution in [0.4, 0.5) is 0 Å². The lowest BCUT2D eigenvalue weighted by atomic mass is 10.1. The molecule has 27 heavy (non-hydrogen) atoms. The number of imidazole rings is 1. The number of benzene rings is 2. The fourth-order valence-corrected chi connectivity index (χ4v) is 4.55. The van der Waals surface area contributed by atoms with Crippen molar-refractivity contribution in [2.75, 3.05) is 20.3 Å². The minimum atomic E-state index is -0.290. The molecule has 0 spiro atoms. The molecule has 2 aliphatic heterocycles. The van der Waals surface area contributed by atoms with Gasteiger partial charge < -0.3 is 14.7 Å². The normalized spacial score (nSPS) is 20.4. The summed E-state index contributed by atoms with van der Waals surface area (Å²) in [4.78, 5) is 27.2. The summed E-state index contributed by atoms with van der Waals surface area (Å²) in [5.41, 5.74) is 0.908. The highest BCUT2D eigenvalue weighted by Gasteiger charge is 2.49. The molecule has 3 heterocycles. The number of methoxy groups -OCH3 is 1. The van der Waals surface area contributed by atoms with Crippen LogP contribution in [-0.4, -0.2) is 45.3 Å². The minimum absolute atomic E-state index is 0.00174. The van der Waals surface area contributed by atoms with Crippen molar-refractivity contribution in [1.82, 2.24) is 14.0 Å². The zero-order chi connectivity index (χ0) is 18.7. The summed E-state index contributed by atoms with van der Waals surface area (Å²) in [5, 5.41) is 12.9. The van der Waals surface area contributed by atoms with Crippen LogP contribution in [0.5, 0.6) is 5.88 Å². The number of aromatic hydroxyl groups is 1. The second kappa shape index (κ2) is 5.72. The van der Waals surface area contributed by atoms with Gasteiger partial charge in [-0.15, -0.1) is 0 Å². The van der Waals surface area contributed by atoms with E-state index in [4.69, 9.17) is 4.74 Å². The van der Waals surface area contributed by atoms with E-state index in [-0.39, 0.29) is 36.2 Å². The molecular weight excluding hydrogens is 346 g/mol. The molecule has 2 aromatic carbocycles. The Balaban J connectivity index is 1.68. The molecule has 3 aromatic rings. The van der Waals surface area contributed by atoms with Crippen LogP contribution in [0.2, 0.25) is 0 Å². The van der Waals surface area contributed by atoms with E-state index in [1.807, 2.05) is 42.5 Å². The zero-order valence-electron chi connectivity index (χ0n) is 14.8. The van der Waals surface area contributed by atoms with Crippen LogP contribution in [0.25, 0.3) is 16.5 Å². The Morgan fingerprint density at radius 1 is 1.22 bits per heavy atom. The highest BCUT2D eigenvalue weighted by Crippen LogP contribution is 2.48. The molecule has 2 atom stereocenters. The highest BCUT2D eigenvalue weighted by atomic mass is 16.5. The molecule has 1 aromatic heterocycles. The lowest BCUT2D eigenvalue weighted by molar-refractivity contribution is -0.136. The van der Waals surface area contributed by atoms with Crippen molar-refractivity contribution in [2.24, 2.45) is 0 Å². The third kappa shape index (κ3) is 2.12. The maximum atomic E-state index is 13.2. The number of hydrogen-bond donors (Lipinski definition) is 1. The maximum absolute atomic E-state index is 13.2. The summed E-state index contributed by atoms with van der Waals surface area (Å²) >= 11 is 0. The van der Waals surface area contributed by atoms with Gasteiger partial charge in [0.15, 0.2) is 0 Å². The van der Waals surface area contributed by atoms with E-state index in [1.54, 1.807) is 9.47 Å². The van der Waals surface area contributed by atoms with Gasteiger partial charge in [-0.05, 0) is 17.9 Å². The van der Waals surface area contributed by atoms with Crippen molar-refractivity contribution in [1.29, 1.82) is 0 Å². The summed E-state index contributed by atoms with van der Waals surface area (Å²) < 4.78 is 7.97. The van der Waals surface area contributed by atoms with E-state index in [9.17, 15) is 14.7 Å². The van der Waals surface area contributed by atoms with Crippen LogP contribution >= 0.6 is 0 Å². The van der Waals surface area contributed by atoms with Gasteiger partial charge in [-0.2, -0.15) is 0 Å². The lowest BCUT2D eigenvalue weighted by Gasteiger charge is -2.27. The number of nitrogens with zero attached hydrogens (tertiary/aromatic N) is 3. The van der Waals surface area contributed by atoms with Gasteiger partial charge in [0, 0.05) is 19.0 Å². The first-order valence-corrected chi connectivity index (χ1v) is 8.94. The Hall–Kier alpha value is -3.06. The molecule has 1 N–H and O–H groups in total. The van der Waals surface area contributed by atoms with Crippen LogP contribution < -0.4 is 5.69 Å². The molecule has 0 radical (unpaired) electrons. The summed E-state index contributed by atoms with van der Waals surface area (Å²) in [6.07, 6.45) is 0.657. The van der Waals surface area contributed by atoms with Crippen LogP contribution in [0.15, 0.2) is 47.3 Å². The quantitative estimate of drug-likeness (QED) is 0.770. The monoisotopic (exact) mass is 365 g/mol. The molecule has 138 valence electrons. The molecule has 1 unspecified atom stereocenters. The first kappa shape index (κ1) is 16.1. The number of aromatic nitrogens is 2. The molecule has 2 bridgehead atoms. The standard InChI is InChI=1S/C20H19N3O4/c1-27-11-17(24)21-10-13-9-16(21)18-19(25)23(20(26)22(13)18)15-8-4-6-12-5-2-3-7-14(12)15/h2-8,13,16,25H,9-11H2,1H3/t13-,16?/m1/s1. The first-order chi connectivity index (χ1) is 13.1. The maximum Gasteiger partial charge on any atom is 0.336 e. The Labute approximate surface area is 155 Å². The predicted molar refractivity (Wildman–Crippen MR) is 99.2 cm³/mol. The molecule has 7 heteroatoms. The zero-order valence-corrected chi connectivity index (χ0v) is 14.8. The van der Waals surface area contributed by atoms with Gasteiger partial charge in [0.05, 0.1) is 17.8 Å². The van der Waals surface area contributed by atoms with E-state index in [0.29, 0.717) is 24.3 Å². The second-order valence-corrected chi connectivity index (χ2v) is 7.08. The number of amides is 1. The number of hydrogen-bond acceptors (Lipinski definition) is 4. The Morgan fingerprint density at radius 2 is 2.00 bits per heavy atom. The fourth-order valence-electron chi connectivity index (χ4n) is 4.55. The van der Waals surface area contributed by atoms with Gasteiger partial charge in [-0.25, -0.2) is 9.36 Å². The van der Waals surface area contributed by atoms with Gasteiger partial charge >= 0.3 is 5.69 Å². The van der Waals surface area contributed by atoms with Crippen LogP contribution in [0.3, 0.4) is 0 Å². The molecule has 7 nitrogen and oxygen atoms in total. The molecule has 1 saturated heterocycles. The van der Waals surface area contributed by atoms with E-state index in [1.165, 1.54) is 11.7 Å². The van der Waals surface area contributed by atoms with Crippen molar-refractivity contribution >= 4 is 16.7 Å². The average molecular weight is 365 g/mol. The smallest absolute Gasteiger partial charge is 0.336 e. The number of carbonyl (C=O) groups is 1. The number of fused-ring (bicyclic) bond motifs is 6. The molecule has 2 aliphatic rings. The van der Waals surface area contributed by atoms with Gasteiger partial charge in [0.2, 0.25) is 11.8 Å². The second-order valence-electron chi connectivity index (χ2n) is 7.08. The van der Waals surface area contributed by atoms with Crippen LogP contribution in [0, 0.1) is 0 Å². The number of carbonyl (C=O) groups excluding carboxylic acids is 1. The van der Waals surface area contributed by atoms with Gasteiger partial charge in [0.25, 0.3) is 0 Å². The molecule has 1 amide bonds.